The average Bonchev–Trinajstić information content (AvgIpc) is 3.29. The number of anilines is 1. The van der Waals surface area contributed by atoms with Crippen molar-refractivity contribution >= 4 is 22.8 Å². The third-order valence-electron chi connectivity index (χ3n) is 5.72. The molecule has 6 heteroatoms. The molecule has 1 N–H and O–H groups in total. The van der Waals surface area contributed by atoms with Gasteiger partial charge in [0, 0.05) is 18.6 Å². The van der Waals surface area contributed by atoms with Gasteiger partial charge in [-0.2, -0.15) is 0 Å². The van der Waals surface area contributed by atoms with Crippen LogP contribution in [0.4, 0.5) is 5.82 Å². The molecule has 138 valence electrons. The molecule has 6 nitrogen and oxygen atoms in total. The highest BCUT2D eigenvalue weighted by molar-refractivity contribution is 6.10. The maximum Gasteiger partial charge on any atom is 0.258 e. The van der Waals surface area contributed by atoms with E-state index in [4.69, 9.17) is 4.42 Å². The molecule has 0 bridgehead atoms. The summed E-state index contributed by atoms with van der Waals surface area (Å²) in [5.41, 5.74) is 3.63. The standard InChI is InChI=1S/C21H22N4O2/c1-13-16(20(26)25-10-7-14-5-3-4-6-15(14)11-25)17-18(24-21(2)8-9-21)22-12-23-19(17)27-13/h3-6,12H,7-11H2,1-2H3,(H,22,23,24). The summed E-state index contributed by atoms with van der Waals surface area (Å²) in [5.74, 6) is 1.27. The van der Waals surface area contributed by atoms with Crippen LogP contribution in [-0.4, -0.2) is 32.9 Å². The molecular formula is C21H22N4O2. The van der Waals surface area contributed by atoms with Crippen molar-refractivity contribution in [1.82, 2.24) is 14.9 Å². The van der Waals surface area contributed by atoms with Gasteiger partial charge in [-0.15, -0.1) is 0 Å². The first-order chi connectivity index (χ1) is 13.0. The smallest absolute Gasteiger partial charge is 0.258 e. The minimum atomic E-state index is -0.0143. The van der Waals surface area contributed by atoms with Crippen molar-refractivity contribution in [3.05, 3.63) is 53.0 Å². The summed E-state index contributed by atoms with van der Waals surface area (Å²) in [4.78, 5) is 24.0. The number of hydrogen-bond donors (Lipinski definition) is 1. The zero-order chi connectivity index (χ0) is 18.6. The highest BCUT2D eigenvalue weighted by Crippen LogP contribution is 2.40. The minimum absolute atomic E-state index is 0.0143. The van der Waals surface area contributed by atoms with Crippen LogP contribution in [0.2, 0.25) is 0 Å². The van der Waals surface area contributed by atoms with Crippen molar-refractivity contribution in [2.24, 2.45) is 0 Å². The van der Waals surface area contributed by atoms with Gasteiger partial charge in [0.2, 0.25) is 5.71 Å². The summed E-state index contributed by atoms with van der Waals surface area (Å²) in [6, 6.07) is 8.32. The third-order valence-corrected chi connectivity index (χ3v) is 5.72. The molecule has 3 heterocycles. The van der Waals surface area contributed by atoms with Crippen LogP contribution in [-0.2, 0) is 13.0 Å². The van der Waals surface area contributed by atoms with Gasteiger partial charge in [-0.05, 0) is 44.2 Å². The second-order valence-corrected chi connectivity index (χ2v) is 7.87. The Kier molecular flexibility index (Phi) is 3.50. The molecule has 3 aromatic rings. The number of aromatic nitrogens is 2. The number of carbonyl (C=O) groups is 1. The van der Waals surface area contributed by atoms with Crippen molar-refractivity contribution in [2.45, 2.75) is 45.2 Å². The van der Waals surface area contributed by atoms with E-state index in [9.17, 15) is 4.79 Å². The number of rotatable bonds is 3. The van der Waals surface area contributed by atoms with Crippen LogP contribution in [0.5, 0.6) is 0 Å². The molecule has 1 aliphatic carbocycles. The fourth-order valence-corrected chi connectivity index (χ4v) is 3.82. The number of nitrogens with zero attached hydrogens (tertiary/aromatic N) is 3. The average molecular weight is 362 g/mol. The Hall–Kier alpha value is -2.89. The third kappa shape index (κ3) is 2.76. The highest BCUT2D eigenvalue weighted by atomic mass is 16.3. The zero-order valence-corrected chi connectivity index (χ0v) is 15.6. The van der Waals surface area contributed by atoms with Crippen molar-refractivity contribution in [2.75, 3.05) is 11.9 Å². The molecule has 5 rings (SSSR count). The number of furan rings is 1. The lowest BCUT2D eigenvalue weighted by Crippen LogP contribution is -2.36. The van der Waals surface area contributed by atoms with Gasteiger partial charge in [-0.3, -0.25) is 4.79 Å². The Bertz CT molecular complexity index is 1050. The Labute approximate surface area is 157 Å². The number of amides is 1. The van der Waals surface area contributed by atoms with E-state index in [0.717, 1.165) is 19.3 Å². The van der Waals surface area contributed by atoms with Gasteiger partial charge in [0.15, 0.2) is 0 Å². The number of aryl methyl sites for hydroxylation is 1. The van der Waals surface area contributed by atoms with Gasteiger partial charge >= 0.3 is 0 Å². The maximum atomic E-state index is 13.4. The monoisotopic (exact) mass is 362 g/mol. The molecule has 2 aromatic heterocycles. The van der Waals surface area contributed by atoms with Gasteiger partial charge in [0.05, 0.1) is 10.9 Å². The number of fused-ring (bicyclic) bond motifs is 2. The first-order valence-corrected chi connectivity index (χ1v) is 9.42. The Balaban J connectivity index is 1.54. The Morgan fingerprint density at radius 2 is 2.00 bits per heavy atom. The van der Waals surface area contributed by atoms with Crippen molar-refractivity contribution in [1.29, 1.82) is 0 Å². The molecule has 1 aliphatic heterocycles. The van der Waals surface area contributed by atoms with E-state index in [1.54, 1.807) is 0 Å². The summed E-state index contributed by atoms with van der Waals surface area (Å²) in [5, 5.41) is 4.18. The molecule has 27 heavy (non-hydrogen) atoms. The van der Waals surface area contributed by atoms with E-state index in [2.05, 4.69) is 40.4 Å². The van der Waals surface area contributed by atoms with Crippen LogP contribution in [0.15, 0.2) is 35.0 Å². The van der Waals surface area contributed by atoms with Crippen molar-refractivity contribution in [3.8, 4) is 0 Å². The lowest BCUT2D eigenvalue weighted by atomic mass is 9.99. The molecular weight excluding hydrogens is 340 g/mol. The highest BCUT2D eigenvalue weighted by Gasteiger charge is 2.39. The van der Waals surface area contributed by atoms with Crippen LogP contribution >= 0.6 is 0 Å². The lowest BCUT2D eigenvalue weighted by molar-refractivity contribution is 0.0734. The van der Waals surface area contributed by atoms with E-state index < -0.39 is 0 Å². The quantitative estimate of drug-likeness (QED) is 0.769. The van der Waals surface area contributed by atoms with Gasteiger partial charge in [0.25, 0.3) is 5.91 Å². The van der Waals surface area contributed by atoms with E-state index in [-0.39, 0.29) is 11.4 Å². The molecule has 1 amide bonds. The number of hydrogen-bond acceptors (Lipinski definition) is 5. The van der Waals surface area contributed by atoms with E-state index in [0.29, 0.717) is 41.3 Å². The summed E-state index contributed by atoms with van der Waals surface area (Å²) >= 11 is 0. The van der Waals surface area contributed by atoms with Crippen LogP contribution in [0.25, 0.3) is 11.1 Å². The second-order valence-electron chi connectivity index (χ2n) is 7.87. The number of benzene rings is 1. The summed E-state index contributed by atoms with van der Waals surface area (Å²) in [7, 11) is 0. The van der Waals surface area contributed by atoms with Gasteiger partial charge in [-0.25, -0.2) is 9.97 Å². The predicted molar refractivity (Wildman–Crippen MR) is 103 cm³/mol. The topological polar surface area (TPSA) is 71.3 Å². The first kappa shape index (κ1) is 16.3. The van der Waals surface area contributed by atoms with E-state index in [1.165, 1.54) is 17.5 Å². The SMILES string of the molecule is Cc1oc2ncnc(NC3(C)CC3)c2c1C(=O)N1CCc2ccccc2C1. The van der Waals surface area contributed by atoms with Gasteiger partial charge in [0.1, 0.15) is 17.9 Å². The predicted octanol–water partition coefficient (Wildman–Crippen LogP) is 3.69. The molecule has 0 saturated heterocycles. The molecule has 0 spiro atoms. The van der Waals surface area contributed by atoms with Gasteiger partial charge in [-0.1, -0.05) is 24.3 Å². The summed E-state index contributed by atoms with van der Waals surface area (Å²) in [6.45, 7) is 5.32. The number of carbonyl (C=O) groups excluding carboxylic acids is 1. The molecule has 0 unspecified atom stereocenters. The fourth-order valence-electron chi connectivity index (χ4n) is 3.82. The Morgan fingerprint density at radius 3 is 2.78 bits per heavy atom. The molecule has 0 radical (unpaired) electrons. The van der Waals surface area contributed by atoms with Crippen LogP contribution in [0.1, 0.15) is 47.0 Å². The maximum absolute atomic E-state index is 13.4. The molecule has 2 aliphatic rings. The van der Waals surface area contributed by atoms with Crippen LogP contribution < -0.4 is 5.32 Å². The summed E-state index contributed by atoms with van der Waals surface area (Å²) in [6.07, 6.45) is 4.56. The minimum Gasteiger partial charge on any atom is -0.442 e. The summed E-state index contributed by atoms with van der Waals surface area (Å²) < 4.78 is 5.82. The molecule has 1 fully saturated rings. The molecule has 1 aromatic carbocycles. The Morgan fingerprint density at radius 1 is 1.22 bits per heavy atom. The van der Waals surface area contributed by atoms with E-state index in [1.807, 2.05) is 17.9 Å². The molecule has 0 atom stereocenters. The zero-order valence-electron chi connectivity index (χ0n) is 15.6. The van der Waals surface area contributed by atoms with Crippen molar-refractivity contribution in [3.63, 3.8) is 0 Å². The molecule has 1 saturated carbocycles. The largest absolute Gasteiger partial charge is 0.442 e. The van der Waals surface area contributed by atoms with Crippen molar-refractivity contribution < 1.29 is 9.21 Å². The van der Waals surface area contributed by atoms with Crippen LogP contribution in [0.3, 0.4) is 0 Å². The first-order valence-electron chi connectivity index (χ1n) is 9.42. The number of nitrogens with one attached hydrogen (secondary N) is 1. The van der Waals surface area contributed by atoms with Crippen LogP contribution in [0, 0.1) is 6.92 Å². The normalized spacial score (nSPS) is 17.6. The van der Waals surface area contributed by atoms with Gasteiger partial charge < -0.3 is 14.6 Å². The lowest BCUT2D eigenvalue weighted by Gasteiger charge is -2.29. The van der Waals surface area contributed by atoms with E-state index >= 15 is 0 Å². The second kappa shape index (κ2) is 5.81. The fraction of sp³-hybridized carbons (Fsp3) is 0.381.